The van der Waals surface area contributed by atoms with E-state index in [1.54, 1.807) is 35.2 Å². The fourth-order valence-electron chi connectivity index (χ4n) is 3.44. The maximum Gasteiger partial charge on any atom is 0.340 e. The van der Waals surface area contributed by atoms with E-state index in [1.807, 2.05) is 18.2 Å². The molecular weight excluding hydrogens is 388 g/mol. The van der Waals surface area contributed by atoms with Crippen LogP contribution < -0.4 is 19.7 Å². The Hall–Kier alpha value is -3.55. The number of benzene rings is 2. The van der Waals surface area contributed by atoms with Crippen molar-refractivity contribution in [3.05, 3.63) is 54.1 Å². The number of anilines is 1. The van der Waals surface area contributed by atoms with Crippen LogP contribution in [-0.2, 0) is 14.3 Å². The second-order valence-electron chi connectivity index (χ2n) is 7.04. The molecule has 0 aliphatic carbocycles. The number of hydrogen-bond donors (Lipinski definition) is 1. The number of para-hydroxylation sites is 3. The van der Waals surface area contributed by atoms with Crippen LogP contribution in [0.3, 0.4) is 0 Å². The standard InChI is InChI=1S/C22H22N2O6/c25-20(23-12-15-13-28-18-8-3-4-9-19(18)30-15)14-29-22(27)16-6-1-2-7-17(16)24-11-5-10-21(24)26/h1-4,6-9,15H,5,10-14H2,(H,23,25)/t15-/m1/s1. The quantitative estimate of drug-likeness (QED) is 0.732. The first kappa shape index (κ1) is 19.8. The Bertz CT molecular complexity index is 960. The van der Waals surface area contributed by atoms with Gasteiger partial charge in [0.15, 0.2) is 18.1 Å². The molecule has 0 radical (unpaired) electrons. The molecule has 156 valence electrons. The lowest BCUT2D eigenvalue weighted by atomic mass is 10.1. The number of ether oxygens (including phenoxy) is 3. The van der Waals surface area contributed by atoms with Crippen LogP contribution in [-0.4, -0.2) is 50.2 Å². The molecule has 2 aromatic rings. The molecule has 0 aromatic heterocycles. The van der Waals surface area contributed by atoms with Crippen molar-refractivity contribution in [3.8, 4) is 11.5 Å². The molecule has 0 saturated carbocycles. The van der Waals surface area contributed by atoms with Crippen molar-refractivity contribution >= 4 is 23.5 Å². The zero-order valence-electron chi connectivity index (χ0n) is 16.3. The smallest absolute Gasteiger partial charge is 0.340 e. The summed E-state index contributed by atoms with van der Waals surface area (Å²) in [5.74, 6) is 0.183. The first-order valence-electron chi connectivity index (χ1n) is 9.83. The van der Waals surface area contributed by atoms with E-state index in [9.17, 15) is 14.4 Å². The van der Waals surface area contributed by atoms with E-state index in [-0.39, 0.29) is 24.1 Å². The molecule has 2 aromatic carbocycles. The van der Waals surface area contributed by atoms with Gasteiger partial charge in [0.2, 0.25) is 5.91 Å². The largest absolute Gasteiger partial charge is 0.486 e. The average Bonchev–Trinajstić information content (AvgIpc) is 3.21. The van der Waals surface area contributed by atoms with Gasteiger partial charge in [-0.2, -0.15) is 0 Å². The topological polar surface area (TPSA) is 94.2 Å². The molecule has 2 heterocycles. The number of nitrogens with zero attached hydrogens (tertiary/aromatic N) is 1. The molecule has 2 amide bonds. The molecule has 0 unspecified atom stereocenters. The monoisotopic (exact) mass is 410 g/mol. The van der Waals surface area contributed by atoms with Gasteiger partial charge in [-0.05, 0) is 30.7 Å². The summed E-state index contributed by atoms with van der Waals surface area (Å²) in [5.41, 5.74) is 0.776. The van der Waals surface area contributed by atoms with Gasteiger partial charge in [-0.3, -0.25) is 9.59 Å². The summed E-state index contributed by atoms with van der Waals surface area (Å²) in [4.78, 5) is 38.2. The first-order valence-corrected chi connectivity index (χ1v) is 9.83. The van der Waals surface area contributed by atoms with Crippen LogP contribution in [0.15, 0.2) is 48.5 Å². The Morgan fingerprint density at radius 2 is 1.87 bits per heavy atom. The van der Waals surface area contributed by atoms with E-state index in [2.05, 4.69) is 5.32 Å². The molecule has 1 saturated heterocycles. The fourth-order valence-corrected chi connectivity index (χ4v) is 3.44. The van der Waals surface area contributed by atoms with Crippen molar-refractivity contribution in [1.29, 1.82) is 0 Å². The minimum Gasteiger partial charge on any atom is -0.486 e. The van der Waals surface area contributed by atoms with Crippen LogP contribution in [0.5, 0.6) is 11.5 Å². The molecule has 2 aliphatic rings. The molecular formula is C22H22N2O6. The predicted molar refractivity (Wildman–Crippen MR) is 108 cm³/mol. The van der Waals surface area contributed by atoms with Gasteiger partial charge in [-0.25, -0.2) is 4.79 Å². The molecule has 8 heteroatoms. The highest BCUT2D eigenvalue weighted by atomic mass is 16.6. The number of carbonyl (C=O) groups excluding carboxylic acids is 3. The van der Waals surface area contributed by atoms with E-state index >= 15 is 0 Å². The number of amides is 2. The van der Waals surface area contributed by atoms with Crippen molar-refractivity contribution in [1.82, 2.24) is 5.32 Å². The SMILES string of the molecule is O=C(COC(=O)c1ccccc1N1CCCC1=O)NC[C@@H]1COc2ccccc2O1. The Labute approximate surface area is 173 Å². The third-order valence-electron chi connectivity index (χ3n) is 4.92. The lowest BCUT2D eigenvalue weighted by molar-refractivity contribution is -0.124. The summed E-state index contributed by atoms with van der Waals surface area (Å²) in [6, 6.07) is 14.1. The third kappa shape index (κ3) is 4.37. The lowest BCUT2D eigenvalue weighted by Gasteiger charge is -2.26. The van der Waals surface area contributed by atoms with Gasteiger partial charge < -0.3 is 24.4 Å². The average molecular weight is 410 g/mol. The molecule has 4 rings (SSSR count). The Morgan fingerprint density at radius 3 is 2.67 bits per heavy atom. The number of hydrogen-bond acceptors (Lipinski definition) is 6. The number of nitrogens with one attached hydrogen (secondary N) is 1. The number of esters is 1. The summed E-state index contributed by atoms with van der Waals surface area (Å²) in [7, 11) is 0. The molecule has 1 N–H and O–H groups in total. The van der Waals surface area contributed by atoms with E-state index in [4.69, 9.17) is 14.2 Å². The minimum atomic E-state index is -0.647. The summed E-state index contributed by atoms with van der Waals surface area (Å²) >= 11 is 0. The first-order chi connectivity index (χ1) is 14.6. The Kier molecular flexibility index (Phi) is 5.83. The van der Waals surface area contributed by atoms with Crippen molar-refractivity contribution in [2.24, 2.45) is 0 Å². The second kappa shape index (κ2) is 8.86. The summed E-state index contributed by atoms with van der Waals surface area (Å²) in [6.07, 6.45) is 0.882. The maximum atomic E-state index is 12.5. The third-order valence-corrected chi connectivity index (χ3v) is 4.92. The van der Waals surface area contributed by atoms with Gasteiger partial charge >= 0.3 is 5.97 Å². The maximum absolute atomic E-state index is 12.5. The van der Waals surface area contributed by atoms with E-state index in [0.29, 0.717) is 36.8 Å². The molecule has 1 fully saturated rings. The van der Waals surface area contributed by atoms with E-state index in [1.165, 1.54) is 0 Å². The van der Waals surface area contributed by atoms with Crippen LogP contribution >= 0.6 is 0 Å². The fraction of sp³-hybridized carbons (Fsp3) is 0.318. The lowest BCUT2D eigenvalue weighted by Crippen LogP contribution is -2.42. The zero-order chi connectivity index (χ0) is 20.9. The summed E-state index contributed by atoms with van der Waals surface area (Å²) in [5, 5.41) is 2.68. The van der Waals surface area contributed by atoms with Crippen molar-refractivity contribution < 1.29 is 28.6 Å². The van der Waals surface area contributed by atoms with Crippen LogP contribution in [0, 0.1) is 0 Å². The van der Waals surface area contributed by atoms with Gasteiger partial charge in [-0.1, -0.05) is 24.3 Å². The number of carbonyl (C=O) groups is 3. The predicted octanol–water partition coefficient (Wildman–Crippen LogP) is 1.93. The molecule has 1 atom stereocenters. The Balaban J connectivity index is 1.28. The van der Waals surface area contributed by atoms with Crippen LogP contribution in [0.4, 0.5) is 5.69 Å². The molecule has 8 nitrogen and oxygen atoms in total. The summed E-state index contributed by atoms with van der Waals surface area (Å²) < 4.78 is 16.5. The second-order valence-corrected chi connectivity index (χ2v) is 7.04. The van der Waals surface area contributed by atoms with Gasteiger partial charge in [0.25, 0.3) is 5.91 Å². The Morgan fingerprint density at radius 1 is 1.10 bits per heavy atom. The van der Waals surface area contributed by atoms with Gasteiger partial charge in [-0.15, -0.1) is 0 Å². The highest BCUT2D eigenvalue weighted by molar-refractivity contribution is 6.03. The molecule has 30 heavy (non-hydrogen) atoms. The van der Waals surface area contributed by atoms with Gasteiger partial charge in [0.1, 0.15) is 12.7 Å². The zero-order valence-corrected chi connectivity index (χ0v) is 16.3. The van der Waals surface area contributed by atoms with Crippen molar-refractivity contribution in [3.63, 3.8) is 0 Å². The van der Waals surface area contributed by atoms with Crippen LogP contribution in [0.1, 0.15) is 23.2 Å². The van der Waals surface area contributed by atoms with Crippen LogP contribution in [0.25, 0.3) is 0 Å². The highest BCUT2D eigenvalue weighted by Crippen LogP contribution is 2.30. The molecule has 0 bridgehead atoms. The van der Waals surface area contributed by atoms with Gasteiger partial charge in [0, 0.05) is 13.0 Å². The molecule has 2 aliphatic heterocycles. The summed E-state index contributed by atoms with van der Waals surface area (Å²) in [6.45, 7) is 0.680. The highest BCUT2D eigenvalue weighted by Gasteiger charge is 2.26. The number of rotatable bonds is 6. The normalized spacial score (nSPS) is 17.5. The van der Waals surface area contributed by atoms with E-state index in [0.717, 1.165) is 6.42 Å². The van der Waals surface area contributed by atoms with E-state index < -0.39 is 18.5 Å². The van der Waals surface area contributed by atoms with Gasteiger partial charge in [0.05, 0.1) is 17.8 Å². The number of fused-ring (bicyclic) bond motifs is 1. The van der Waals surface area contributed by atoms with Crippen LogP contribution in [0.2, 0.25) is 0 Å². The van der Waals surface area contributed by atoms with Crippen molar-refractivity contribution in [2.75, 3.05) is 31.2 Å². The minimum absolute atomic E-state index is 0.0238. The molecule has 0 spiro atoms. The van der Waals surface area contributed by atoms with Crippen molar-refractivity contribution in [2.45, 2.75) is 18.9 Å².